The van der Waals surface area contributed by atoms with E-state index in [0.29, 0.717) is 39.9 Å². The van der Waals surface area contributed by atoms with Crippen molar-refractivity contribution < 1.29 is 28.5 Å². The zero-order valence-corrected chi connectivity index (χ0v) is 22.2. The van der Waals surface area contributed by atoms with Gasteiger partial charge in [-0.3, -0.25) is 9.69 Å². The molecule has 0 aliphatic carbocycles. The van der Waals surface area contributed by atoms with E-state index in [1.807, 2.05) is 44.2 Å². The first-order valence-corrected chi connectivity index (χ1v) is 12.3. The lowest BCUT2D eigenvalue weighted by Crippen LogP contribution is -2.72. The number of rotatable bonds is 6. The number of hydrogen-bond donors (Lipinski definition) is 2. The molecule has 2 N–H and O–H groups in total. The van der Waals surface area contributed by atoms with Crippen molar-refractivity contribution in [3.05, 3.63) is 71.3 Å². The van der Waals surface area contributed by atoms with Gasteiger partial charge in [0, 0.05) is 17.3 Å². The van der Waals surface area contributed by atoms with Gasteiger partial charge < -0.3 is 29.6 Å². The lowest BCUT2D eigenvalue weighted by Gasteiger charge is -2.54. The maximum atomic E-state index is 14.1. The van der Waals surface area contributed by atoms with Gasteiger partial charge in [0.15, 0.2) is 11.5 Å². The maximum absolute atomic E-state index is 14.1. The summed E-state index contributed by atoms with van der Waals surface area (Å²) >= 11 is 0. The normalized spacial score (nSPS) is 21.5. The molecule has 9 nitrogen and oxygen atoms in total. The molecule has 5 rings (SSSR count). The molecule has 3 aromatic rings. The average Bonchev–Trinajstić information content (AvgIpc) is 2.89. The van der Waals surface area contributed by atoms with Crippen LogP contribution >= 0.6 is 0 Å². The van der Waals surface area contributed by atoms with E-state index >= 15 is 0 Å². The van der Waals surface area contributed by atoms with Gasteiger partial charge in [0.25, 0.3) is 0 Å². The zero-order chi connectivity index (χ0) is 27.2. The third-order valence-corrected chi connectivity index (χ3v) is 7.26. The topological polar surface area (TPSA) is 98.4 Å². The Morgan fingerprint density at radius 2 is 1.76 bits per heavy atom. The molecule has 2 heterocycles. The van der Waals surface area contributed by atoms with Crippen LogP contribution in [-0.4, -0.2) is 39.0 Å². The number of ether oxygens (including phenoxy) is 4. The van der Waals surface area contributed by atoms with Crippen molar-refractivity contribution in [3.63, 3.8) is 0 Å². The molecule has 0 saturated carbocycles. The summed E-state index contributed by atoms with van der Waals surface area (Å²) in [5, 5.41) is 6.13. The summed E-state index contributed by atoms with van der Waals surface area (Å²) in [6.45, 7) is 5.68. The molecule has 2 aliphatic rings. The average molecular weight is 518 g/mol. The number of hydrogen-bond acceptors (Lipinski definition) is 6. The third-order valence-electron chi connectivity index (χ3n) is 7.26. The number of anilines is 2. The second-order valence-corrected chi connectivity index (χ2v) is 9.62. The molecule has 0 spiro atoms. The standard InChI is InChI=1S/C29H31N3O6/c1-16-10-12-20(17(2)14-16)30-27(33)24-25-19-8-7-9-22(36-5)26(19)38-29(24,3)32(28(34)31-25)21-13-11-18(35-4)15-23(21)37-6/h7-15,24-25H,1-6H3,(H,30,33)(H,31,34)/t24-,25+,29+/m0/s1. The zero-order valence-electron chi connectivity index (χ0n) is 22.2. The lowest BCUT2D eigenvalue weighted by molar-refractivity contribution is -0.131. The fourth-order valence-corrected chi connectivity index (χ4v) is 5.43. The number of urea groups is 1. The van der Waals surface area contributed by atoms with Crippen LogP contribution in [0.2, 0.25) is 0 Å². The molecule has 2 bridgehead atoms. The van der Waals surface area contributed by atoms with Gasteiger partial charge in [-0.25, -0.2) is 4.79 Å². The van der Waals surface area contributed by atoms with Crippen LogP contribution in [0, 0.1) is 19.8 Å². The second-order valence-electron chi connectivity index (χ2n) is 9.62. The first-order valence-electron chi connectivity index (χ1n) is 12.3. The number of amides is 3. The molecule has 198 valence electrons. The van der Waals surface area contributed by atoms with Crippen LogP contribution in [0.5, 0.6) is 23.0 Å². The summed E-state index contributed by atoms with van der Waals surface area (Å²) in [6.07, 6.45) is 0. The van der Waals surface area contributed by atoms with Gasteiger partial charge in [-0.05, 0) is 50.6 Å². The first kappa shape index (κ1) is 25.3. The Balaban J connectivity index is 1.67. The van der Waals surface area contributed by atoms with Gasteiger partial charge in [0.05, 0.1) is 33.1 Å². The van der Waals surface area contributed by atoms with E-state index in [1.54, 1.807) is 45.4 Å². The summed E-state index contributed by atoms with van der Waals surface area (Å²) in [6, 6.07) is 15.3. The van der Waals surface area contributed by atoms with Gasteiger partial charge in [0.1, 0.15) is 17.4 Å². The van der Waals surface area contributed by atoms with Crippen LogP contribution in [0.15, 0.2) is 54.6 Å². The van der Waals surface area contributed by atoms with Crippen LogP contribution in [0.4, 0.5) is 16.2 Å². The van der Waals surface area contributed by atoms with E-state index in [1.165, 1.54) is 12.0 Å². The number of nitrogens with one attached hydrogen (secondary N) is 2. The van der Waals surface area contributed by atoms with E-state index < -0.39 is 23.7 Å². The molecule has 0 unspecified atom stereocenters. The highest BCUT2D eigenvalue weighted by Crippen LogP contribution is 2.53. The summed E-state index contributed by atoms with van der Waals surface area (Å²) in [7, 11) is 4.61. The lowest BCUT2D eigenvalue weighted by atomic mass is 9.78. The number of fused-ring (bicyclic) bond motifs is 4. The van der Waals surface area contributed by atoms with Gasteiger partial charge in [-0.15, -0.1) is 0 Å². The molecular weight excluding hydrogens is 486 g/mol. The summed E-state index contributed by atoms with van der Waals surface area (Å²) in [5.74, 6) is 0.789. The molecule has 3 amide bonds. The van der Waals surface area contributed by atoms with Crippen molar-refractivity contribution in [3.8, 4) is 23.0 Å². The molecule has 3 atom stereocenters. The highest BCUT2D eigenvalue weighted by Gasteiger charge is 2.61. The summed E-state index contributed by atoms with van der Waals surface area (Å²) in [4.78, 5) is 29.2. The van der Waals surface area contributed by atoms with Crippen LogP contribution in [0.25, 0.3) is 0 Å². The van der Waals surface area contributed by atoms with Gasteiger partial charge in [0.2, 0.25) is 11.6 Å². The Morgan fingerprint density at radius 1 is 1.00 bits per heavy atom. The van der Waals surface area contributed by atoms with Gasteiger partial charge in [-0.2, -0.15) is 0 Å². The van der Waals surface area contributed by atoms with Gasteiger partial charge in [-0.1, -0.05) is 29.8 Å². The van der Waals surface area contributed by atoms with Crippen LogP contribution in [0.1, 0.15) is 29.7 Å². The van der Waals surface area contributed by atoms with Crippen molar-refractivity contribution in [2.24, 2.45) is 5.92 Å². The van der Waals surface area contributed by atoms with E-state index in [2.05, 4.69) is 10.6 Å². The number of benzene rings is 3. The number of aryl methyl sites for hydroxylation is 2. The molecule has 0 radical (unpaired) electrons. The summed E-state index contributed by atoms with van der Waals surface area (Å²) in [5.41, 5.74) is 2.37. The monoisotopic (exact) mass is 517 g/mol. The van der Waals surface area contributed by atoms with E-state index in [4.69, 9.17) is 18.9 Å². The predicted molar refractivity (Wildman–Crippen MR) is 143 cm³/mol. The van der Waals surface area contributed by atoms with Crippen LogP contribution in [0.3, 0.4) is 0 Å². The minimum absolute atomic E-state index is 0.296. The molecule has 1 saturated heterocycles. The quantitative estimate of drug-likeness (QED) is 0.480. The van der Waals surface area contributed by atoms with Crippen molar-refractivity contribution in [2.45, 2.75) is 32.5 Å². The maximum Gasteiger partial charge on any atom is 0.325 e. The fraction of sp³-hybridized carbons (Fsp3) is 0.310. The minimum atomic E-state index is -1.45. The minimum Gasteiger partial charge on any atom is -0.497 e. The van der Waals surface area contributed by atoms with Crippen molar-refractivity contribution in [2.75, 3.05) is 31.5 Å². The number of para-hydroxylation sites is 1. The van der Waals surface area contributed by atoms with Gasteiger partial charge >= 0.3 is 6.03 Å². The molecule has 3 aromatic carbocycles. The third kappa shape index (κ3) is 3.95. The van der Waals surface area contributed by atoms with Crippen molar-refractivity contribution in [1.29, 1.82) is 0 Å². The predicted octanol–water partition coefficient (Wildman–Crippen LogP) is 4.96. The number of nitrogens with zero attached hydrogens (tertiary/aromatic N) is 1. The van der Waals surface area contributed by atoms with Crippen LogP contribution in [-0.2, 0) is 4.79 Å². The van der Waals surface area contributed by atoms with Crippen molar-refractivity contribution in [1.82, 2.24) is 5.32 Å². The highest BCUT2D eigenvalue weighted by atomic mass is 16.5. The second kappa shape index (κ2) is 9.48. The van der Waals surface area contributed by atoms with E-state index in [9.17, 15) is 9.59 Å². The molecule has 38 heavy (non-hydrogen) atoms. The Morgan fingerprint density at radius 3 is 2.45 bits per heavy atom. The molecule has 9 heteroatoms. The Labute approximate surface area is 221 Å². The van der Waals surface area contributed by atoms with Crippen molar-refractivity contribution >= 4 is 23.3 Å². The Bertz CT molecular complexity index is 1420. The largest absolute Gasteiger partial charge is 0.497 e. The highest BCUT2D eigenvalue weighted by molar-refractivity contribution is 6.02. The number of carbonyl (C=O) groups excluding carboxylic acids is 2. The Hall–Kier alpha value is -4.40. The molecular formula is C29H31N3O6. The SMILES string of the molecule is COc1ccc(N2C(=O)N[C@@H]3c4cccc(OC)c4O[C@]2(C)[C@@H]3C(=O)Nc2ccc(C)cc2C)c(OC)c1. The number of methoxy groups -OCH3 is 3. The fourth-order valence-electron chi connectivity index (χ4n) is 5.43. The van der Waals surface area contributed by atoms with E-state index in [-0.39, 0.29) is 5.91 Å². The summed E-state index contributed by atoms with van der Waals surface area (Å²) < 4.78 is 23.2. The molecule has 0 aromatic heterocycles. The first-order chi connectivity index (χ1) is 18.2. The smallest absolute Gasteiger partial charge is 0.325 e. The van der Waals surface area contributed by atoms with E-state index in [0.717, 1.165) is 11.1 Å². The number of carbonyl (C=O) groups is 2. The van der Waals surface area contributed by atoms with Crippen LogP contribution < -0.4 is 34.5 Å². The molecule has 2 aliphatic heterocycles. The Kier molecular flexibility index (Phi) is 6.30. The molecule has 1 fully saturated rings.